The van der Waals surface area contributed by atoms with E-state index >= 15 is 0 Å². The molecule has 0 bridgehead atoms. The van der Waals surface area contributed by atoms with Crippen LogP contribution >= 0.6 is 0 Å². The fourth-order valence-corrected chi connectivity index (χ4v) is 1.17. The molecule has 0 aromatic carbocycles. The summed E-state index contributed by atoms with van der Waals surface area (Å²) >= 11 is 0. The van der Waals surface area contributed by atoms with Gasteiger partial charge in [-0.2, -0.15) is 0 Å². The first-order valence-electron chi connectivity index (χ1n) is 6.18. The molecule has 1 aromatic heterocycles. The molecular formula is C14H17N3O4. The summed E-state index contributed by atoms with van der Waals surface area (Å²) in [6.45, 7) is 5.46. The Morgan fingerprint density at radius 1 is 1.29 bits per heavy atom. The van der Waals surface area contributed by atoms with Crippen LogP contribution in [0, 0.1) is 11.8 Å². The van der Waals surface area contributed by atoms with Crippen molar-refractivity contribution in [2.24, 2.45) is 0 Å². The van der Waals surface area contributed by atoms with Crippen LogP contribution in [-0.2, 0) is 9.47 Å². The van der Waals surface area contributed by atoms with Crippen LogP contribution in [0.1, 0.15) is 37.0 Å². The van der Waals surface area contributed by atoms with Crippen LogP contribution in [0.15, 0.2) is 12.4 Å². The number of carbonyl (C=O) groups is 2. The van der Waals surface area contributed by atoms with E-state index in [1.165, 1.54) is 19.5 Å². The lowest BCUT2D eigenvalue weighted by atomic mass is 10.2. The van der Waals surface area contributed by atoms with Crippen molar-refractivity contribution in [3.63, 3.8) is 0 Å². The zero-order valence-electron chi connectivity index (χ0n) is 12.4. The fraction of sp³-hybridized carbons (Fsp3) is 0.429. The number of ether oxygens (including phenoxy) is 2. The number of carbonyl (C=O) groups excluding carboxylic acids is 2. The van der Waals surface area contributed by atoms with Crippen molar-refractivity contribution in [3.05, 3.63) is 23.8 Å². The van der Waals surface area contributed by atoms with E-state index in [1.54, 1.807) is 20.8 Å². The SMILES string of the molecule is COC(=O)c1ncc(C#CCNC(=O)OC(C)(C)C)cn1. The van der Waals surface area contributed by atoms with Crippen molar-refractivity contribution in [1.82, 2.24) is 15.3 Å². The lowest BCUT2D eigenvalue weighted by Gasteiger charge is -2.18. The monoisotopic (exact) mass is 291 g/mol. The van der Waals surface area contributed by atoms with Crippen molar-refractivity contribution >= 4 is 12.1 Å². The first-order chi connectivity index (χ1) is 9.81. The number of nitrogens with one attached hydrogen (secondary N) is 1. The summed E-state index contributed by atoms with van der Waals surface area (Å²) < 4.78 is 9.53. The van der Waals surface area contributed by atoms with Gasteiger partial charge in [-0.25, -0.2) is 19.6 Å². The fourth-order valence-electron chi connectivity index (χ4n) is 1.17. The van der Waals surface area contributed by atoms with Crippen molar-refractivity contribution in [2.45, 2.75) is 26.4 Å². The molecule has 0 spiro atoms. The number of rotatable bonds is 2. The quantitative estimate of drug-likeness (QED) is 0.649. The Kier molecular flexibility index (Phi) is 5.67. The standard InChI is InChI=1S/C14H17N3O4/c1-14(2,3)21-13(19)15-7-5-6-10-8-16-11(17-9-10)12(18)20-4/h8-9H,7H2,1-4H3,(H,15,19). The van der Waals surface area contributed by atoms with Gasteiger partial charge in [-0.05, 0) is 20.8 Å². The lowest BCUT2D eigenvalue weighted by Crippen LogP contribution is -2.32. The van der Waals surface area contributed by atoms with E-state index in [0.717, 1.165) is 0 Å². The molecule has 1 rings (SSSR count). The number of amides is 1. The summed E-state index contributed by atoms with van der Waals surface area (Å²) in [5.41, 5.74) is -0.0247. The molecule has 0 aliphatic carbocycles. The Morgan fingerprint density at radius 3 is 2.43 bits per heavy atom. The molecule has 112 valence electrons. The Balaban J connectivity index is 2.48. The minimum atomic E-state index is -0.610. The van der Waals surface area contributed by atoms with Crippen molar-refractivity contribution in [1.29, 1.82) is 0 Å². The number of alkyl carbamates (subject to hydrolysis) is 1. The second-order valence-corrected chi connectivity index (χ2v) is 4.94. The van der Waals surface area contributed by atoms with Gasteiger partial charge in [0.25, 0.3) is 0 Å². The average Bonchev–Trinajstić information content (AvgIpc) is 2.41. The van der Waals surface area contributed by atoms with Crippen LogP contribution in [0.25, 0.3) is 0 Å². The maximum absolute atomic E-state index is 11.3. The van der Waals surface area contributed by atoms with Gasteiger partial charge >= 0.3 is 12.1 Å². The van der Waals surface area contributed by atoms with Crippen LogP contribution < -0.4 is 5.32 Å². The second-order valence-electron chi connectivity index (χ2n) is 4.94. The van der Waals surface area contributed by atoms with Crippen LogP contribution in [0.2, 0.25) is 0 Å². The zero-order valence-corrected chi connectivity index (χ0v) is 12.4. The summed E-state index contributed by atoms with van der Waals surface area (Å²) in [5, 5.41) is 2.50. The summed E-state index contributed by atoms with van der Waals surface area (Å²) in [4.78, 5) is 30.1. The molecule has 7 nitrogen and oxygen atoms in total. The molecule has 0 fully saturated rings. The molecule has 0 aliphatic rings. The molecule has 7 heteroatoms. The van der Waals surface area contributed by atoms with E-state index in [2.05, 4.69) is 31.9 Å². The van der Waals surface area contributed by atoms with Gasteiger partial charge in [0.05, 0.1) is 19.2 Å². The highest BCUT2D eigenvalue weighted by molar-refractivity contribution is 5.84. The molecule has 0 unspecified atom stereocenters. The molecule has 0 atom stereocenters. The summed E-state index contributed by atoms with van der Waals surface area (Å²) in [7, 11) is 1.25. The molecule has 0 aliphatic heterocycles. The second kappa shape index (κ2) is 7.24. The minimum absolute atomic E-state index is 0.0325. The number of methoxy groups -OCH3 is 1. The highest BCUT2D eigenvalue weighted by Crippen LogP contribution is 2.05. The Morgan fingerprint density at radius 2 is 1.90 bits per heavy atom. The summed E-state index contributed by atoms with van der Waals surface area (Å²) in [6, 6.07) is 0. The third-order valence-corrected chi connectivity index (χ3v) is 1.97. The molecule has 0 radical (unpaired) electrons. The van der Waals surface area contributed by atoms with E-state index < -0.39 is 17.7 Å². The molecule has 1 amide bonds. The van der Waals surface area contributed by atoms with E-state index in [9.17, 15) is 9.59 Å². The molecule has 0 saturated carbocycles. The van der Waals surface area contributed by atoms with Crippen LogP contribution in [0.4, 0.5) is 4.79 Å². The van der Waals surface area contributed by atoms with E-state index in [1.807, 2.05) is 0 Å². The third-order valence-electron chi connectivity index (χ3n) is 1.97. The maximum Gasteiger partial charge on any atom is 0.408 e. The van der Waals surface area contributed by atoms with Crippen LogP contribution in [-0.4, -0.2) is 41.3 Å². The Labute approximate surface area is 123 Å². The number of hydrogen-bond acceptors (Lipinski definition) is 6. The molecular weight excluding hydrogens is 274 g/mol. The molecule has 1 heterocycles. The van der Waals surface area contributed by atoms with Gasteiger partial charge in [-0.3, -0.25) is 0 Å². The first kappa shape index (κ1) is 16.4. The van der Waals surface area contributed by atoms with E-state index in [4.69, 9.17) is 4.74 Å². The molecule has 0 saturated heterocycles. The molecule has 1 N–H and O–H groups in total. The number of aromatic nitrogens is 2. The topological polar surface area (TPSA) is 90.4 Å². The van der Waals surface area contributed by atoms with Crippen molar-refractivity contribution in [3.8, 4) is 11.8 Å². The number of hydrogen-bond donors (Lipinski definition) is 1. The van der Waals surface area contributed by atoms with Gasteiger partial charge in [-0.15, -0.1) is 0 Å². The highest BCUT2D eigenvalue weighted by atomic mass is 16.6. The molecule has 21 heavy (non-hydrogen) atoms. The largest absolute Gasteiger partial charge is 0.463 e. The number of esters is 1. The smallest absolute Gasteiger partial charge is 0.408 e. The molecule has 1 aromatic rings. The van der Waals surface area contributed by atoms with Gasteiger partial charge < -0.3 is 14.8 Å². The maximum atomic E-state index is 11.3. The van der Waals surface area contributed by atoms with E-state index in [-0.39, 0.29) is 12.4 Å². The minimum Gasteiger partial charge on any atom is -0.463 e. The lowest BCUT2D eigenvalue weighted by molar-refractivity contribution is 0.0533. The highest BCUT2D eigenvalue weighted by Gasteiger charge is 2.15. The van der Waals surface area contributed by atoms with Gasteiger partial charge in [0.1, 0.15) is 5.60 Å². The number of nitrogens with zero attached hydrogens (tertiary/aromatic N) is 2. The normalized spacial score (nSPS) is 10.1. The van der Waals surface area contributed by atoms with Gasteiger partial charge in [0.2, 0.25) is 5.82 Å². The Hall–Kier alpha value is -2.62. The van der Waals surface area contributed by atoms with Crippen LogP contribution in [0.5, 0.6) is 0 Å². The predicted molar refractivity (Wildman–Crippen MR) is 74.5 cm³/mol. The van der Waals surface area contributed by atoms with Crippen molar-refractivity contribution in [2.75, 3.05) is 13.7 Å². The van der Waals surface area contributed by atoms with Gasteiger partial charge in [0, 0.05) is 12.4 Å². The first-order valence-corrected chi connectivity index (χ1v) is 6.18. The third kappa shape index (κ3) is 6.38. The van der Waals surface area contributed by atoms with Gasteiger partial charge in [-0.1, -0.05) is 11.8 Å². The van der Waals surface area contributed by atoms with Gasteiger partial charge in [0.15, 0.2) is 0 Å². The van der Waals surface area contributed by atoms with Crippen molar-refractivity contribution < 1.29 is 19.1 Å². The predicted octanol–water partition coefficient (Wildman–Crippen LogP) is 1.14. The summed E-state index contributed by atoms with van der Waals surface area (Å²) in [5.74, 6) is 4.83. The summed E-state index contributed by atoms with van der Waals surface area (Å²) in [6.07, 6.45) is 2.27. The average molecular weight is 291 g/mol. The zero-order chi connectivity index (χ0) is 15.9. The Bertz CT molecular complexity index is 565. The van der Waals surface area contributed by atoms with Crippen LogP contribution in [0.3, 0.4) is 0 Å². The van der Waals surface area contributed by atoms with E-state index in [0.29, 0.717) is 5.56 Å².